The zero-order valence-electron chi connectivity index (χ0n) is 10.6. The van der Waals surface area contributed by atoms with Crippen molar-refractivity contribution in [3.63, 3.8) is 0 Å². The first-order valence-corrected chi connectivity index (χ1v) is 5.93. The van der Waals surface area contributed by atoms with Crippen molar-refractivity contribution in [2.75, 3.05) is 14.2 Å². The number of carbonyl (C=O) groups excluding carboxylic acids is 1. The highest BCUT2D eigenvalue weighted by molar-refractivity contribution is 5.82. The van der Waals surface area contributed by atoms with Crippen LogP contribution in [0.1, 0.15) is 24.4 Å². The van der Waals surface area contributed by atoms with Gasteiger partial charge >= 0.3 is 0 Å². The summed E-state index contributed by atoms with van der Waals surface area (Å²) in [6.07, 6.45) is 2.16. The number of rotatable bonds is 6. The Labute approximate surface area is 106 Å². The molecule has 1 atom stereocenters. The zero-order valence-corrected chi connectivity index (χ0v) is 10.6. The average Bonchev–Trinajstić information content (AvgIpc) is 3.18. The van der Waals surface area contributed by atoms with Gasteiger partial charge in [-0.2, -0.15) is 0 Å². The Morgan fingerprint density at radius 3 is 2.61 bits per heavy atom. The number of amides is 1. The number of primary amides is 1. The molecule has 0 heterocycles. The van der Waals surface area contributed by atoms with Gasteiger partial charge in [-0.1, -0.05) is 0 Å². The number of hydrogen-bond acceptors (Lipinski definition) is 4. The molecule has 1 aliphatic carbocycles. The predicted molar refractivity (Wildman–Crippen MR) is 67.6 cm³/mol. The van der Waals surface area contributed by atoms with Crippen molar-refractivity contribution < 1.29 is 14.3 Å². The molecule has 0 aliphatic heterocycles. The lowest BCUT2D eigenvalue weighted by Gasteiger charge is -2.19. The second-order valence-corrected chi connectivity index (χ2v) is 4.38. The maximum absolute atomic E-state index is 11.6. The van der Waals surface area contributed by atoms with Crippen molar-refractivity contribution in [3.8, 4) is 11.5 Å². The summed E-state index contributed by atoms with van der Waals surface area (Å²) < 4.78 is 10.4. The van der Waals surface area contributed by atoms with Crippen LogP contribution in [-0.4, -0.2) is 26.2 Å². The van der Waals surface area contributed by atoms with Gasteiger partial charge in [-0.25, -0.2) is 0 Å². The number of ether oxygens (including phenoxy) is 2. The van der Waals surface area contributed by atoms with Gasteiger partial charge < -0.3 is 15.2 Å². The van der Waals surface area contributed by atoms with E-state index in [0.29, 0.717) is 17.5 Å². The number of nitrogens with two attached hydrogens (primary N) is 1. The predicted octanol–water partition coefficient (Wildman–Crippen LogP) is 0.982. The van der Waals surface area contributed by atoms with E-state index in [4.69, 9.17) is 15.2 Å². The van der Waals surface area contributed by atoms with Crippen LogP contribution in [0, 0.1) is 0 Å². The van der Waals surface area contributed by atoms with E-state index in [2.05, 4.69) is 5.32 Å². The Kier molecular flexibility index (Phi) is 3.72. The van der Waals surface area contributed by atoms with Crippen molar-refractivity contribution in [3.05, 3.63) is 23.8 Å². The fourth-order valence-electron chi connectivity index (χ4n) is 1.88. The van der Waals surface area contributed by atoms with Crippen LogP contribution in [0.25, 0.3) is 0 Å². The summed E-state index contributed by atoms with van der Waals surface area (Å²) in [4.78, 5) is 11.6. The van der Waals surface area contributed by atoms with Gasteiger partial charge in [0.1, 0.15) is 17.5 Å². The van der Waals surface area contributed by atoms with Crippen molar-refractivity contribution in [1.82, 2.24) is 5.32 Å². The van der Waals surface area contributed by atoms with Gasteiger partial charge in [0.25, 0.3) is 0 Å². The third-order valence-electron chi connectivity index (χ3n) is 3.01. The van der Waals surface area contributed by atoms with Crippen LogP contribution in [0.5, 0.6) is 11.5 Å². The number of benzene rings is 1. The van der Waals surface area contributed by atoms with E-state index in [-0.39, 0.29) is 0 Å². The lowest BCUT2D eigenvalue weighted by Crippen LogP contribution is -2.35. The Bertz CT molecular complexity index is 444. The molecule has 98 valence electrons. The van der Waals surface area contributed by atoms with E-state index < -0.39 is 11.9 Å². The fourth-order valence-corrected chi connectivity index (χ4v) is 1.88. The van der Waals surface area contributed by atoms with Gasteiger partial charge in [0, 0.05) is 11.6 Å². The third kappa shape index (κ3) is 2.73. The van der Waals surface area contributed by atoms with E-state index >= 15 is 0 Å². The standard InChI is InChI=1S/C13H18N2O3/c1-17-9-5-6-11(18-2)10(7-9)12(13(14)16)15-8-3-4-8/h5-8,12,15H,3-4H2,1-2H3,(H2,14,16). The maximum atomic E-state index is 11.6. The molecule has 5 nitrogen and oxygen atoms in total. The van der Waals surface area contributed by atoms with Gasteiger partial charge in [-0.3, -0.25) is 10.1 Å². The van der Waals surface area contributed by atoms with E-state index in [1.54, 1.807) is 32.4 Å². The Morgan fingerprint density at radius 2 is 2.11 bits per heavy atom. The molecule has 5 heteroatoms. The molecule has 3 N–H and O–H groups in total. The quantitative estimate of drug-likeness (QED) is 0.789. The highest BCUT2D eigenvalue weighted by atomic mass is 16.5. The van der Waals surface area contributed by atoms with Crippen molar-refractivity contribution >= 4 is 5.91 Å². The van der Waals surface area contributed by atoms with Crippen LogP contribution in [-0.2, 0) is 4.79 Å². The van der Waals surface area contributed by atoms with Gasteiger partial charge in [0.05, 0.1) is 14.2 Å². The molecule has 2 rings (SSSR count). The van der Waals surface area contributed by atoms with Crippen molar-refractivity contribution in [2.45, 2.75) is 24.9 Å². The van der Waals surface area contributed by atoms with E-state index in [9.17, 15) is 4.79 Å². The van der Waals surface area contributed by atoms with Crippen LogP contribution < -0.4 is 20.5 Å². The van der Waals surface area contributed by atoms with Crippen LogP contribution in [0.4, 0.5) is 0 Å². The molecule has 1 amide bonds. The maximum Gasteiger partial charge on any atom is 0.239 e. The second-order valence-electron chi connectivity index (χ2n) is 4.38. The topological polar surface area (TPSA) is 73.6 Å². The molecule has 1 fully saturated rings. The zero-order chi connectivity index (χ0) is 13.1. The molecule has 0 radical (unpaired) electrons. The molecule has 1 unspecified atom stereocenters. The lowest BCUT2D eigenvalue weighted by molar-refractivity contribution is -0.120. The van der Waals surface area contributed by atoms with E-state index in [1.807, 2.05) is 0 Å². The molecule has 1 saturated carbocycles. The van der Waals surface area contributed by atoms with E-state index in [0.717, 1.165) is 18.4 Å². The highest BCUT2D eigenvalue weighted by Gasteiger charge is 2.30. The third-order valence-corrected chi connectivity index (χ3v) is 3.01. The number of methoxy groups -OCH3 is 2. The summed E-state index contributed by atoms with van der Waals surface area (Å²) in [5, 5.41) is 3.22. The molecule has 0 bridgehead atoms. The first kappa shape index (κ1) is 12.7. The van der Waals surface area contributed by atoms with Crippen LogP contribution in [0.2, 0.25) is 0 Å². The largest absolute Gasteiger partial charge is 0.497 e. The minimum atomic E-state index is -0.539. The molecule has 1 aromatic rings. The van der Waals surface area contributed by atoms with Crippen molar-refractivity contribution in [2.24, 2.45) is 5.73 Å². The highest BCUT2D eigenvalue weighted by Crippen LogP contribution is 2.32. The fraction of sp³-hybridized carbons (Fsp3) is 0.462. The Balaban J connectivity index is 2.33. The molecule has 18 heavy (non-hydrogen) atoms. The van der Waals surface area contributed by atoms with Crippen LogP contribution in [0.3, 0.4) is 0 Å². The summed E-state index contributed by atoms with van der Waals surface area (Å²) >= 11 is 0. The van der Waals surface area contributed by atoms with Gasteiger partial charge in [0.15, 0.2) is 0 Å². The Morgan fingerprint density at radius 1 is 1.39 bits per heavy atom. The van der Waals surface area contributed by atoms with Gasteiger partial charge in [-0.05, 0) is 31.0 Å². The van der Waals surface area contributed by atoms with Crippen molar-refractivity contribution in [1.29, 1.82) is 0 Å². The summed E-state index contributed by atoms with van der Waals surface area (Å²) in [5.74, 6) is 0.899. The molecule has 1 aliphatic rings. The van der Waals surface area contributed by atoms with E-state index in [1.165, 1.54) is 0 Å². The number of hydrogen-bond donors (Lipinski definition) is 2. The first-order chi connectivity index (χ1) is 8.65. The lowest BCUT2D eigenvalue weighted by atomic mass is 10.0. The normalized spacial score (nSPS) is 16.1. The summed E-state index contributed by atoms with van der Waals surface area (Å²) in [6.45, 7) is 0. The number of carbonyl (C=O) groups is 1. The molecule has 0 aromatic heterocycles. The summed E-state index contributed by atoms with van der Waals surface area (Å²) in [5.41, 5.74) is 6.18. The molecule has 0 spiro atoms. The Hall–Kier alpha value is -1.75. The average molecular weight is 250 g/mol. The second kappa shape index (κ2) is 5.27. The summed E-state index contributed by atoms with van der Waals surface area (Å²) in [7, 11) is 3.15. The van der Waals surface area contributed by atoms with Crippen LogP contribution in [0.15, 0.2) is 18.2 Å². The monoisotopic (exact) mass is 250 g/mol. The number of nitrogens with one attached hydrogen (secondary N) is 1. The molecule has 1 aromatic carbocycles. The van der Waals surface area contributed by atoms with Crippen LogP contribution >= 0.6 is 0 Å². The molecular weight excluding hydrogens is 232 g/mol. The smallest absolute Gasteiger partial charge is 0.239 e. The molecule has 0 saturated heterocycles. The minimum Gasteiger partial charge on any atom is -0.497 e. The molecular formula is C13H18N2O3. The van der Waals surface area contributed by atoms with Gasteiger partial charge in [-0.15, -0.1) is 0 Å². The van der Waals surface area contributed by atoms with Gasteiger partial charge in [0.2, 0.25) is 5.91 Å². The minimum absolute atomic E-state index is 0.374. The first-order valence-electron chi connectivity index (χ1n) is 5.93. The SMILES string of the molecule is COc1ccc(OC)c(C(NC2CC2)C(N)=O)c1. The summed E-state index contributed by atoms with van der Waals surface area (Å²) in [6, 6.07) is 5.18.